The highest BCUT2D eigenvalue weighted by atomic mass is 32.1. The molecule has 1 amide bonds. The van der Waals surface area contributed by atoms with Gasteiger partial charge >= 0.3 is 0 Å². The minimum atomic E-state index is -0.0249. The van der Waals surface area contributed by atoms with Crippen molar-refractivity contribution in [2.24, 2.45) is 0 Å². The van der Waals surface area contributed by atoms with Gasteiger partial charge in [0.25, 0.3) is 5.56 Å². The summed E-state index contributed by atoms with van der Waals surface area (Å²) in [6.45, 7) is 1.33. The van der Waals surface area contributed by atoms with Gasteiger partial charge in [-0.25, -0.2) is 4.98 Å². The number of benzene rings is 1. The third-order valence-corrected chi connectivity index (χ3v) is 5.61. The Morgan fingerprint density at radius 3 is 2.96 bits per heavy atom. The number of para-hydroxylation sites is 1. The second-order valence-corrected chi connectivity index (χ2v) is 7.40. The third kappa shape index (κ3) is 3.22. The molecule has 3 aromatic rings. The number of fused-ring (bicyclic) bond motifs is 1. The Balaban J connectivity index is 1.56. The molecule has 3 heterocycles. The van der Waals surface area contributed by atoms with E-state index in [2.05, 4.69) is 4.98 Å². The molecule has 25 heavy (non-hydrogen) atoms. The van der Waals surface area contributed by atoms with Gasteiger partial charge < -0.3 is 4.90 Å². The summed E-state index contributed by atoms with van der Waals surface area (Å²) in [5.74, 6) is 0.133. The summed E-state index contributed by atoms with van der Waals surface area (Å²) in [5, 5.41) is 2.62. The quantitative estimate of drug-likeness (QED) is 0.727. The number of hydrogen-bond acceptors (Lipinski definition) is 4. The van der Waals surface area contributed by atoms with Crippen LogP contribution in [0.4, 0.5) is 0 Å². The second-order valence-electron chi connectivity index (χ2n) is 6.37. The Bertz CT molecular complexity index is 949. The van der Waals surface area contributed by atoms with E-state index in [0.717, 1.165) is 24.3 Å². The molecule has 5 nitrogen and oxygen atoms in total. The highest BCUT2D eigenvalue weighted by Gasteiger charge is 2.26. The average molecular weight is 353 g/mol. The number of aromatic nitrogens is 2. The fourth-order valence-corrected chi connectivity index (χ4v) is 4.12. The van der Waals surface area contributed by atoms with Crippen molar-refractivity contribution >= 4 is 28.1 Å². The van der Waals surface area contributed by atoms with E-state index < -0.39 is 0 Å². The minimum Gasteiger partial charge on any atom is -0.340 e. The number of carbonyl (C=O) groups is 1. The zero-order valence-corrected chi connectivity index (χ0v) is 14.6. The van der Waals surface area contributed by atoms with Gasteiger partial charge in [0, 0.05) is 18.0 Å². The first-order valence-electron chi connectivity index (χ1n) is 8.48. The fraction of sp³-hybridized carbons (Fsp3) is 0.316. The van der Waals surface area contributed by atoms with Crippen LogP contribution >= 0.6 is 11.3 Å². The van der Waals surface area contributed by atoms with Gasteiger partial charge in [0.15, 0.2) is 0 Å². The lowest BCUT2D eigenvalue weighted by Crippen LogP contribution is -2.43. The van der Waals surface area contributed by atoms with E-state index in [9.17, 15) is 9.59 Å². The van der Waals surface area contributed by atoms with Crippen molar-refractivity contribution < 1.29 is 4.79 Å². The summed E-state index contributed by atoms with van der Waals surface area (Å²) in [4.78, 5) is 32.7. The molecule has 0 unspecified atom stereocenters. The van der Waals surface area contributed by atoms with Crippen LogP contribution in [-0.4, -0.2) is 33.4 Å². The number of nitrogens with zero attached hydrogens (tertiary/aromatic N) is 3. The largest absolute Gasteiger partial charge is 0.340 e. The Hall–Kier alpha value is -2.47. The molecular weight excluding hydrogens is 334 g/mol. The van der Waals surface area contributed by atoms with E-state index in [1.165, 1.54) is 0 Å². The van der Waals surface area contributed by atoms with Gasteiger partial charge in [-0.05, 0) is 36.4 Å². The van der Waals surface area contributed by atoms with Crippen LogP contribution in [0.15, 0.2) is 52.9 Å². The van der Waals surface area contributed by atoms with Crippen LogP contribution in [0.5, 0.6) is 0 Å². The van der Waals surface area contributed by atoms with Crippen molar-refractivity contribution in [1.29, 1.82) is 0 Å². The Labute approximate surface area is 149 Å². The monoisotopic (exact) mass is 353 g/mol. The summed E-state index contributed by atoms with van der Waals surface area (Å²) in [7, 11) is 0. The number of carbonyl (C=O) groups excluding carboxylic acids is 1. The van der Waals surface area contributed by atoms with E-state index in [1.807, 2.05) is 46.7 Å². The molecule has 2 aromatic heterocycles. The van der Waals surface area contributed by atoms with E-state index >= 15 is 0 Å². The number of rotatable bonds is 3. The molecular formula is C19H19N3O2S. The van der Waals surface area contributed by atoms with Gasteiger partial charge in [-0.2, -0.15) is 0 Å². The summed E-state index contributed by atoms with van der Waals surface area (Å²) in [5.41, 5.74) is 0.688. The van der Waals surface area contributed by atoms with Gasteiger partial charge in [-0.3, -0.25) is 14.2 Å². The molecule has 1 saturated heterocycles. The average Bonchev–Trinajstić information content (AvgIpc) is 3.15. The normalized spacial score (nSPS) is 17.8. The molecule has 0 bridgehead atoms. The predicted octanol–water partition coefficient (Wildman–Crippen LogP) is 2.86. The molecule has 1 atom stereocenters. The fourth-order valence-electron chi connectivity index (χ4n) is 3.43. The van der Waals surface area contributed by atoms with Crippen molar-refractivity contribution in [3.05, 3.63) is 63.3 Å². The Morgan fingerprint density at radius 2 is 2.12 bits per heavy atom. The maximum Gasteiger partial charge on any atom is 0.261 e. The summed E-state index contributed by atoms with van der Waals surface area (Å²) in [6, 6.07) is 11.3. The zero-order valence-electron chi connectivity index (χ0n) is 13.8. The van der Waals surface area contributed by atoms with E-state index in [1.54, 1.807) is 22.2 Å². The molecule has 0 N–H and O–H groups in total. The number of piperidine rings is 1. The highest BCUT2D eigenvalue weighted by molar-refractivity contribution is 7.10. The van der Waals surface area contributed by atoms with Gasteiger partial charge in [0.1, 0.15) is 0 Å². The first-order valence-corrected chi connectivity index (χ1v) is 9.36. The first-order chi connectivity index (χ1) is 12.2. The summed E-state index contributed by atoms with van der Waals surface area (Å²) in [6.07, 6.45) is 3.86. The molecule has 0 spiro atoms. The van der Waals surface area contributed by atoms with E-state index in [0.29, 0.717) is 23.9 Å². The lowest BCUT2D eigenvalue weighted by atomic mass is 10.0. The van der Waals surface area contributed by atoms with Gasteiger partial charge in [0.2, 0.25) is 5.91 Å². The summed E-state index contributed by atoms with van der Waals surface area (Å²) < 4.78 is 1.70. The molecule has 0 saturated carbocycles. The number of likely N-dealkylation sites (tertiary alicyclic amines) is 1. The lowest BCUT2D eigenvalue weighted by Gasteiger charge is -2.33. The number of hydrogen-bond donors (Lipinski definition) is 0. The van der Waals surface area contributed by atoms with Crippen LogP contribution in [0.3, 0.4) is 0 Å². The van der Waals surface area contributed by atoms with Crippen molar-refractivity contribution in [3.63, 3.8) is 0 Å². The van der Waals surface area contributed by atoms with E-state index in [-0.39, 0.29) is 17.5 Å². The standard InChI is InChI=1S/C19H19N3O2S/c23-18(11-15-6-4-10-25-15)21-9-3-5-14(12-21)22-13-20-17-8-2-1-7-16(17)19(22)24/h1-2,4,6-8,10,13-14H,3,5,9,11-12H2/t14-/m1/s1. The van der Waals surface area contributed by atoms with Crippen LogP contribution in [0.25, 0.3) is 10.9 Å². The predicted molar refractivity (Wildman–Crippen MR) is 98.9 cm³/mol. The van der Waals surface area contributed by atoms with Crippen molar-refractivity contribution in [2.75, 3.05) is 13.1 Å². The molecule has 0 aliphatic carbocycles. The van der Waals surface area contributed by atoms with Gasteiger partial charge in [-0.15, -0.1) is 11.3 Å². The van der Waals surface area contributed by atoms with Crippen LogP contribution in [0, 0.1) is 0 Å². The van der Waals surface area contributed by atoms with Crippen LogP contribution in [0.1, 0.15) is 23.8 Å². The number of thiophene rings is 1. The minimum absolute atomic E-state index is 0.00866. The first kappa shape index (κ1) is 16.0. The molecule has 1 aliphatic heterocycles. The highest BCUT2D eigenvalue weighted by Crippen LogP contribution is 2.22. The van der Waals surface area contributed by atoms with Crippen LogP contribution in [0.2, 0.25) is 0 Å². The molecule has 4 rings (SSSR count). The lowest BCUT2D eigenvalue weighted by molar-refractivity contribution is -0.132. The topological polar surface area (TPSA) is 55.2 Å². The Kier molecular flexibility index (Phi) is 4.36. The van der Waals surface area contributed by atoms with E-state index in [4.69, 9.17) is 0 Å². The molecule has 1 fully saturated rings. The second kappa shape index (κ2) is 6.80. The number of amides is 1. The summed E-state index contributed by atoms with van der Waals surface area (Å²) >= 11 is 1.60. The van der Waals surface area contributed by atoms with Crippen molar-refractivity contribution in [2.45, 2.75) is 25.3 Å². The van der Waals surface area contributed by atoms with Crippen LogP contribution in [-0.2, 0) is 11.2 Å². The van der Waals surface area contributed by atoms with Gasteiger partial charge in [0.05, 0.1) is 29.7 Å². The van der Waals surface area contributed by atoms with Crippen molar-refractivity contribution in [3.8, 4) is 0 Å². The molecule has 128 valence electrons. The maximum absolute atomic E-state index is 12.8. The van der Waals surface area contributed by atoms with Crippen LogP contribution < -0.4 is 5.56 Å². The van der Waals surface area contributed by atoms with Crippen molar-refractivity contribution in [1.82, 2.24) is 14.5 Å². The Morgan fingerprint density at radius 1 is 1.24 bits per heavy atom. The zero-order chi connectivity index (χ0) is 17.2. The maximum atomic E-state index is 12.8. The molecule has 1 aliphatic rings. The molecule has 6 heteroatoms. The SMILES string of the molecule is O=C(Cc1cccs1)N1CCC[C@@H](n2cnc3ccccc3c2=O)C1. The smallest absolute Gasteiger partial charge is 0.261 e. The molecule has 0 radical (unpaired) electrons. The molecule has 1 aromatic carbocycles. The third-order valence-electron chi connectivity index (χ3n) is 4.74. The van der Waals surface area contributed by atoms with Gasteiger partial charge in [-0.1, -0.05) is 18.2 Å².